The van der Waals surface area contributed by atoms with Crippen LogP contribution in [-0.4, -0.2) is 4.98 Å². The summed E-state index contributed by atoms with van der Waals surface area (Å²) in [6, 6.07) is 0. The zero-order valence-corrected chi connectivity index (χ0v) is 9.89. The van der Waals surface area contributed by atoms with Crippen LogP contribution in [0.15, 0.2) is 12.4 Å². The van der Waals surface area contributed by atoms with Crippen LogP contribution in [-0.2, 0) is 0 Å². The van der Waals surface area contributed by atoms with Gasteiger partial charge in [0.05, 0.1) is 0 Å². The molecule has 0 saturated carbocycles. The summed E-state index contributed by atoms with van der Waals surface area (Å²) in [5.41, 5.74) is 3.50. The smallest absolute Gasteiger partial charge is 0.00435 e. The molecule has 1 aliphatic rings. The molecule has 1 aromatic heterocycles. The Morgan fingerprint density at radius 2 is 1.71 bits per heavy atom. The van der Waals surface area contributed by atoms with Gasteiger partial charge in [0, 0.05) is 12.4 Å². The van der Waals surface area contributed by atoms with Crippen molar-refractivity contribution in [2.75, 3.05) is 0 Å². The minimum atomic E-state index is 0.393. The molecule has 0 fully saturated rings. The monoisotopic (exact) mass is 191 g/mol. The van der Waals surface area contributed by atoms with E-state index >= 15 is 0 Å². The van der Waals surface area contributed by atoms with Crippen molar-refractivity contribution in [1.82, 2.24) is 4.98 Å². The minimum absolute atomic E-state index is 0.393. The first-order valence-corrected chi connectivity index (χ1v) is 5.59. The number of nitrogens with one attached hydrogen (secondary N) is 1. The van der Waals surface area contributed by atoms with Gasteiger partial charge in [-0.15, -0.1) is 0 Å². The Kier molecular flexibility index (Phi) is 2.02. The van der Waals surface area contributed by atoms with Gasteiger partial charge in [-0.3, -0.25) is 0 Å². The van der Waals surface area contributed by atoms with E-state index in [1.54, 1.807) is 11.1 Å². The molecule has 2 rings (SSSR count). The Morgan fingerprint density at radius 3 is 2.21 bits per heavy atom. The van der Waals surface area contributed by atoms with E-state index in [2.05, 4.69) is 52.0 Å². The third-order valence-corrected chi connectivity index (χ3v) is 3.52. The predicted octanol–water partition coefficient (Wildman–Crippen LogP) is 3.90. The summed E-state index contributed by atoms with van der Waals surface area (Å²) >= 11 is 0. The van der Waals surface area contributed by atoms with Crippen LogP contribution < -0.4 is 0 Å². The number of fused-ring (bicyclic) bond motifs is 1. The summed E-state index contributed by atoms with van der Waals surface area (Å²) < 4.78 is 0. The molecule has 0 radical (unpaired) electrons. The second-order valence-corrected chi connectivity index (χ2v) is 5.98. The molecule has 0 amide bonds. The van der Waals surface area contributed by atoms with E-state index in [-0.39, 0.29) is 0 Å². The fraction of sp³-hybridized carbons (Fsp3) is 0.692. The van der Waals surface area contributed by atoms with Crippen molar-refractivity contribution in [3.63, 3.8) is 0 Å². The van der Waals surface area contributed by atoms with Gasteiger partial charge in [-0.25, -0.2) is 0 Å². The quantitative estimate of drug-likeness (QED) is 0.693. The second-order valence-electron chi connectivity index (χ2n) is 5.98. The number of aromatic nitrogens is 1. The van der Waals surface area contributed by atoms with Crippen LogP contribution in [0, 0.1) is 11.3 Å². The van der Waals surface area contributed by atoms with Crippen molar-refractivity contribution in [2.45, 2.75) is 46.5 Å². The molecular weight excluding hydrogens is 170 g/mol. The molecule has 0 spiro atoms. The van der Waals surface area contributed by atoms with Crippen molar-refractivity contribution < 1.29 is 0 Å². The zero-order valence-electron chi connectivity index (χ0n) is 9.89. The number of hydrogen-bond donors (Lipinski definition) is 1. The first kappa shape index (κ1) is 9.82. The van der Waals surface area contributed by atoms with E-state index < -0.39 is 0 Å². The largest absolute Gasteiger partial charge is 0.367 e. The third kappa shape index (κ3) is 1.22. The van der Waals surface area contributed by atoms with E-state index in [9.17, 15) is 0 Å². The van der Waals surface area contributed by atoms with Gasteiger partial charge < -0.3 is 4.98 Å². The fourth-order valence-electron chi connectivity index (χ4n) is 2.97. The highest BCUT2D eigenvalue weighted by Crippen LogP contribution is 2.58. The van der Waals surface area contributed by atoms with Crippen molar-refractivity contribution >= 4 is 0 Å². The molecule has 2 atom stereocenters. The van der Waals surface area contributed by atoms with Gasteiger partial charge in [0.1, 0.15) is 0 Å². The maximum atomic E-state index is 3.25. The molecule has 2 unspecified atom stereocenters. The van der Waals surface area contributed by atoms with E-state index in [0.29, 0.717) is 5.41 Å². The molecule has 0 saturated heterocycles. The Morgan fingerprint density at radius 1 is 1.14 bits per heavy atom. The van der Waals surface area contributed by atoms with Gasteiger partial charge in [0.25, 0.3) is 0 Å². The molecule has 78 valence electrons. The van der Waals surface area contributed by atoms with Crippen LogP contribution in [0.5, 0.6) is 0 Å². The summed E-state index contributed by atoms with van der Waals surface area (Å²) in [4.78, 5) is 3.25. The predicted molar refractivity (Wildman–Crippen MR) is 60.6 cm³/mol. The van der Waals surface area contributed by atoms with Crippen LogP contribution in [0.1, 0.15) is 57.6 Å². The van der Waals surface area contributed by atoms with E-state index in [1.165, 1.54) is 0 Å². The Labute approximate surface area is 86.9 Å². The molecule has 1 nitrogen and oxygen atoms in total. The third-order valence-electron chi connectivity index (χ3n) is 3.52. The summed E-state index contributed by atoms with van der Waals surface area (Å²) in [5, 5.41) is 0. The average molecular weight is 191 g/mol. The first-order valence-electron chi connectivity index (χ1n) is 5.59. The molecule has 1 N–H and O–H groups in total. The Bertz CT molecular complexity index is 327. The zero-order chi connectivity index (χ0) is 10.5. The van der Waals surface area contributed by atoms with E-state index in [1.807, 2.05) is 0 Å². The molecule has 1 aliphatic carbocycles. The van der Waals surface area contributed by atoms with Gasteiger partial charge in [0.2, 0.25) is 0 Å². The number of H-pyrrole nitrogens is 1. The molecular formula is C13H21N. The van der Waals surface area contributed by atoms with Gasteiger partial charge >= 0.3 is 0 Å². The average Bonchev–Trinajstić information content (AvgIpc) is 2.28. The molecule has 0 bridgehead atoms. The summed E-state index contributed by atoms with van der Waals surface area (Å²) in [6.07, 6.45) is 4.37. The summed E-state index contributed by atoms with van der Waals surface area (Å²) in [5.74, 6) is 2.25. The first-order chi connectivity index (χ1) is 6.43. The lowest BCUT2D eigenvalue weighted by Crippen LogP contribution is -2.35. The SMILES string of the molecule is CC(C)C1c2c[nH]cc2C1C(C)(C)C. The highest BCUT2D eigenvalue weighted by Gasteiger charge is 2.45. The second kappa shape index (κ2) is 2.88. The lowest BCUT2D eigenvalue weighted by Gasteiger charge is -2.47. The highest BCUT2D eigenvalue weighted by atomic mass is 14.7. The van der Waals surface area contributed by atoms with Crippen molar-refractivity contribution in [1.29, 1.82) is 0 Å². The van der Waals surface area contributed by atoms with Crippen molar-refractivity contribution in [3.8, 4) is 0 Å². The van der Waals surface area contributed by atoms with Crippen molar-refractivity contribution in [2.24, 2.45) is 11.3 Å². The van der Waals surface area contributed by atoms with E-state index in [4.69, 9.17) is 0 Å². The van der Waals surface area contributed by atoms with Crippen molar-refractivity contribution in [3.05, 3.63) is 23.5 Å². The minimum Gasteiger partial charge on any atom is -0.367 e. The summed E-state index contributed by atoms with van der Waals surface area (Å²) in [7, 11) is 0. The maximum Gasteiger partial charge on any atom is 0.00435 e. The fourth-order valence-corrected chi connectivity index (χ4v) is 2.97. The standard InChI is InChI=1S/C13H21N/c1-8(2)11-9-6-14-7-10(9)12(11)13(3,4)5/h6-8,11-12,14H,1-5H3. The number of rotatable bonds is 1. The number of aromatic amines is 1. The van der Waals surface area contributed by atoms with Gasteiger partial charge in [-0.2, -0.15) is 0 Å². The van der Waals surface area contributed by atoms with Crippen LogP contribution in [0.25, 0.3) is 0 Å². The molecule has 0 aromatic carbocycles. The summed E-state index contributed by atoms with van der Waals surface area (Å²) in [6.45, 7) is 11.7. The Balaban J connectivity index is 2.37. The van der Waals surface area contributed by atoms with Crippen LogP contribution in [0.4, 0.5) is 0 Å². The molecule has 14 heavy (non-hydrogen) atoms. The lowest BCUT2D eigenvalue weighted by atomic mass is 9.56. The molecule has 1 aromatic rings. The van der Waals surface area contributed by atoms with Gasteiger partial charge in [0.15, 0.2) is 0 Å². The van der Waals surface area contributed by atoms with Gasteiger partial charge in [-0.05, 0) is 34.3 Å². The maximum absolute atomic E-state index is 3.25. The van der Waals surface area contributed by atoms with Crippen LogP contribution >= 0.6 is 0 Å². The lowest BCUT2D eigenvalue weighted by molar-refractivity contribution is 0.212. The van der Waals surface area contributed by atoms with E-state index in [0.717, 1.165) is 17.8 Å². The Hall–Kier alpha value is -0.720. The van der Waals surface area contributed by atoms with Crippen LogP contribution in [0.3, 0.4) is 0 Å². The topological polar surface area (TPSA) is 15.8 Å². The molecule has 1 heteroatoms. The molecule has 0 aliphatic heterocycles. The molecule has 1 heterocycles. The van der Waals surface area contributed by atoms with Gasteiger partial charge in [-0.1, -0.05) is 34.6 Å². The van der Waals surface area contributed by atoms with Crippen LogP contribution in [0.2, 0.25) is 0 Å². The number of hydrogen-bond acceptors (Lipinski definition) is 0. The highest BCUT2D eigenvalue weighted by molar-refractivity contribution is 5.45. The normalized spacial score (nSPS) is 26.1.